The van der Waals surface area contributed by atoms with Crippen molar-refractivity contribution in [2.75, 3.05) is 6.54 Å². The highest BCUT2D eigenvalue weighted by atomic mass is 16.6. The summed E-state index contributed by atoms with van der Waals surface area (Å²) in [6.07, 6.45) is 1.61. The van der Waals surface area contributed by atoms with Crippen molar-refractivity contribution >= 4 is 11.9 Å². The lowest BCUT2D eigenvalue weighted by atomic mass is 10.0. The fourth-order valence-electron chi connectivity index (χ4n) is 2.15. The van der Waals surface area contributed by atoms with Crippen LogP contribution in [0.5, 0.6) is 0 Å². The smallest absolute Gasteiger partial charge is 0.270 e. The van der Waals surface area contributed by atoms with Crippen LogP contribution in [0, 0.1) is 42.7 Å². The van der Waals surface area contributed by atoms with Gasteiger partial charge in [0.15, 0.2) is 0 Å². The number of nitrogens with zero attached hydrogens (tertiary/aromatic N) is 2. The first-order chi connectivity index (χ1) is 11.0. The van der Waals surface area contributed by atoms with Crippen molar-refractivity contribution in [3.8, 4) is 11.8 Å². The predicted molar refractivity (Wildman–Crippen MR) is 93.1 cm³/mol. The molecule has 23 heavy (non-hydrogen) atoms. The van der Waals surface area contributed by atoms with E-state index in [2.05, 4.69) is 42.8 Å². The summed E-state index contributed by atoms with van der Waals surface area (Å²) in [5, 5.41) is 10.7. The van der Waals surface area contributed by atoms with E-state index in [4.69, 9.17) is 0 Å². The first kappa shape index (κ1) is 16.4. The average molecular weight is 306 g/mol. The van der Waals surface area contributed by atoms with Crippen LogP contribution in [0.25, 0.3) is 0 Å². The lowest BCUT2D eigenvalue weighted by molar-refractivity contribution is -0.384. The minimum atomic E-state index is -0.417. The normalized spacial score (nSPS) is 10.4. The van der Waals surface area contributed by atoms with Crippen LogP contribution >= 0.6 is 0 Å². The van der Waals surface area contributed by atoms with Crippen LogP contribution in [0.4, 0.5) is 5.69 Å². The molecule has 2 aromatic rings. The van der Waals surface area contributed by atoms with Crippen LogP contribution in [-0.2, 0) is 0 Å². The quantitative estimate of drug-likeness (QED) is 0.372. The van der Waals surface area contributed by atoms with Crippen molar-refractivity contribution in [3.05, 3.63) is 74.3 Å². The third-order valence-corrected chi connectivity index (χ3v) is 3.56. The molecule has 0 fully saturated rings. The second kappa shape index (κ2) is 7.37. The van der Waals surface area contributed by atoms with E-state index in [0.29, 0.717) is 12.1 Å². The molecule has 2 rings (SSSR count). The Bertz CT molecular complexity index is 827. The van der Waals surface area contributed by atoms with Crippen LogP contribution in [0.3, 0.4) is 0 Å². The van der Waals surface area contributed by atoms with Gasteiger partial charge >= 0.3 is 0 Å². The minimum Gasteiger partial charge on any atom is -0.280 e. The highest BCUT2D eigenvalue weighted by Gasteiger charge is 2.03. The second-order valence-electron chi connectivity index (χ2n) is 5.38. The molecule has 0 amide bonds. The maximum Gasteiger partial charge on any atom is 0.270 e. The van der Waals surface area contributed by atoms with E-state index in [1.165, 1.54) is 23.3 Å². The topological polar surface area (TPSA) is 55.5 Å². The maximum absolute atomic E-state index is 10.7. The number of hydrogen-bond acceptors (Lipinski definition) is 3. The fourth-order valence-corrected chi connectivity index (χ4v) is 2.15. The summed E-state index contributed by atoms with van der Waals surface area (Å²) < 4.78 is 0. The number of nitro benzene ring substituents is 1. The Morgan fingerprint density at radius 1 is 1.13 bits per heavy atom. The van der Waals surface area contributed by atoms with E-state index in [9.17, 15) is 10.1 Å². The minimum absolute atomic E-state index is 0.0609. The molecule has 4 heteroatoms. The molecular formula is C19H18N2O2. The Kier molecular flexibility index (Phi) is 5.27. The second-order valence-corrected chi connectivity index (χ2v) is 5.38. The van der Waals surface area contributed by atoms with Gasteiger partial charge in [-0.05, 0) is 49.1 Å². The van der Waals surface area contributed by atoms with Gasteiger partial charge in [-0.1, -0.05) is 30.0 Å². The van der Waals surface area contributed by atoms with E-state index in [1.807, 2.05) is 6.92 Å². The zero-order valence-corrected chi connectivity index (χ0v) is 13.5. The highest BCUT2D eigenvalue weighted by Crippen LogP contribution is 2.14. The van der Waals surface area contributed by atoms with Crippen LogP contribution in [0.2, 0.25) is 0 Å². The lowest BCUT2D eigenvalue weighted by Gasteiger charge is -2.03. The molecule has 116 valence electrons. The largest absolute Gasteiger partial charge is 0.280 e. The molecule has 0 aromatic heterocycles. The van der Waals surface area contributed by atoms with Gasteiger partial charge in [0.25, 0.3) is 5.69 Å². The van der Waals surface area contributed by atoms with Gasteiger partial charge in [0.1, 0.15) is 6.54 Å². The van der Waals surface area contributed by atoms with Crippen molar-refractivity contribution in [1.82, 2.24) is 0 Å². The molecular weight excluding hydrogens is 288 g/mol. The van der Waals surface area contributed by atoms with Crippen molar-refractivity contribution in [2.45, 2.75) is 20.8 Å². The molecule has 0 unspecified atom stereocenters. The summed E-state index contributed by atoms with van der Waals surface area (Å²) in [5.74, 6) is 6.14. The standard InChI is InChI=1S/C19H18N2O2/c1-14-10-16(3)18(11-15(14)2)7-5-9-20-13-17-6-4-8-19(12-17)21(22)23/h4,6,8,10-13H,9H2,1-3H3/b20-13+. The Balaban J connectivity index is 2.05. The van der Waals surface area contributed by atoms with Crippen LogP contribution in [0.1, 0.15) is 27.8 Å². The molecule has 0 saturated carbocycles. The van der Waals surface area contributed by atoms with Crippen LogP contribution < -0.4 is 0 Å². The van der Waals surface area contributed by atoms with Crippen molar-refractivity contribution in [1.29, 1.82) is 0 Å². The van der Waals surface area contributed by atoms with Gasteiger partial charge in [0.2, 0.25) is 0 Å². The monoisotopic (exact) mass is 306 g/mol. The highest BCUT2D eigenvalue weighted by molar-refractivity contribution is 5.80. The van der Waals surface area contributed by atoms with Crippen molar-refractivity contribution < 1.29 is 4.92 Å². The molecule has 0 aliphatic rings. The van der Waals surface area contributed by atoms with Gasteiger partial charge in [-0.2, -0.15) is 0 Å². The van der Waals surface area contributed by atoms with Gasteiger partial charge < -0.3 is 0 Å². The molecule has 0 spiro atoms. The van der Waals surface area contributed by atoms with Crippen LogP contribution in [0.15, 0.2) is 41.4 Å². The van der Waals surface area contributed by atoms with E-state index in [0.717, 1.165) is 11.1 Å². The number of nitro groups is 1. The number of aliphatic imine (C=N–C) groups is 1. The van der Waals surface area contributed by atoms with E-state index < -0.39 is 4.92 Å². The van der Waals surface area contributed by atoms with Gasteiger partial charge in [0, 0.05) is 23.9 Å². The Labute approximate surface area is 136 Å². The molecule has 2 aromatic carbocycles. The number of non-ortho nitro benzene ring substituents is 1. The Hall–Kier alpha value is -2.93. The van der Waals surface area contributed by atoms with Gasteiger partial charge in [-0.3, -0.25) is 15.1 Å². The lowest BCUT2D eigenvalue weighted by Crippen LogP contribution is -1.90. The summed E-state index contributed by atoms with van der Waals surface area (Å²) in [4.78, 5) is 14.5. The molecule has 0 aliphatic carbocycles. The number of benzene rings is 2. The third kappa shape index (κ3) is 4.52. The zero-order valence-electron chi connectivity index (χ0n) is 13.5. The predicted octanol–water partition coefficient (Wildman–Crippen LogP) is 3.99. The van der Waals surface area contributed by atoms with Crippen LogP contribution in [-0.4, -0.2) is 17.7 Å². The number of rotatable bonds is 3. The summed E-state index contributed by atoms with van der Waals surface area (Å²) in [5.41, 5.74) is 5.41. The molecule has 0 radical (unpaired) electrons. The summed E-state index contributed by atoms with van der Waals surface area (Å²) >= 11 is 0. The summed E-state index contributed by atoms with van der Waals surface area (Å²) in [6, 6.07) is 10.6. The Morgan fingerprint density at radius 2 is 1.87 bits per heavy atom. The number of hydrogen-bond donors (Lipinski definition) is 0. The first-order valence-electron chi connectivity index (χ1n) is 7.28. The first-order valence-corrected chi connectivity index (χ1v) is 7.28. The molecule has 0 saturated heterocycles. The SMILES string of the molecule is Cc1cc(C)c(C#CC/N=C/c2cccc([N+](=O)[O-])c2)cc1C. The van der Waals surface area contributed by atoms with E-state index in [-0.39, 0.29) is 5.69 Å². The van der Waals surface area contributed by atoms with Crippen molar-refractivity contribution in [3.63, 3.8) is 0 Å². The molecule has 0 bridgehead atoms. The summed E-state index contributed by atoms with van der Waals surface area (Å²) in [6.45, 7) is 6.56. The molecule has 4 nitrogen and oxygen atoms in total. The van der Waals surface area contributed by atoms with Gasteiger partial charge in [-0.25, -0.2) is 0 Å². The van der Waals surface area contributed by atoms with Gasteiger partial charge in [-0.15, -0.1) is 0 Å². The van der Waals surface area contributed by atoms with E-state index >= 15 is 0 Å². The molecule has 0 N–H and O–H groups in total. The zero-order chi connectivity index (χ0) is 16.8. The molecule has 0 atom stereocenters. The average Bonchev–Trinajstić information content (AvgIpc) is 2.52. The molecule has 0 aliphatic heterocycles. The van der Waals surface area contributed by atoms with Crippen molar-refractivity contribution in [2.24, 2.45) is 4.99 Å². The third-order valence-electron chi connectivity index (χ3n) is 3.56. The maximum atomic E-state index is 10.7. The number of aryl methyl sites for hydroxylation is 3. The fraction of sp³-hybridized carbons (Fsp3) is 0.211. The van der Waals surface area contributed by atoms with E-state index in [1.54, 1.807) is 18.3 Å². The Morgan fingerprint density at radius 3 is 2.61 bits per heavy atom. The van der Waals surface area contributed by atoms with Gasteiger partial charge in [0.05, 0.1) is 4.92 Å². The summed E-state index contributed by atoms with van der Waals surface area (Å²) in [7, 11) is 0. The molecule has 0 heterocycles.